The Morgan fingerprint density at radius 2 is 1.91 bits per heavy atom. The summed E-state index contributed by atoms with van der Waals surface area (Å²) in [7, 11) is 1.31. The second-order valence-electron chi connectivity index (χ2n) is 5.40. The predicted octanol–water partition coefficient (Wildman–Crippen LogP) is 2.38. The van der Waals surface area contributed by atoms with Crippen molar-refractivity contribution in [3.8, 4) is 0 Å². The standard InChI is InChI=1S/C18H21NO4/c1-23-16(18(21)22)12-19-17(20)8-4-5-13-9-10-14-6-2-3-7-15(14)11-13/h2-3,6-7,9-11,16H,4-5,8,12H2,1H3,(H,19,20)(H,21,22). The number of hydrogen-bond donors (Lipinski definition) is 2. The molecule has 0 aliphatic carbocycles. The molecule has 0 fully saturated rings. The lowest BCUT2D eigenvalue weighted by molar-refractivity contribution is -0.148. The summed E-state index contributed by atoms with van der Waals surface area (Å²) in [5.41, 5.74) is 1.19. The van der Waals surface area contributed by atoms with Gasteiger partial charge in [0.2, 0.25) is 5.91 Å². The first-order valence-corrected chi connectivity index (χ1v) is 7.60. The van der Waals surface area contributed by atoms with Crippen molar-refractivity contribution in [2.75, 3.05) is 13.7 Å². The molecule has 5 nitrogen and oxygen atoms in total. The zero-order valence-electron chi connectivity index (χ0n) is 13.1. The highest BCUT2D eigenvalue weighted by Crippen LogP contribution is 2.16. The molecule has 0 saturated carbocycles. The molecule has 0 spiro atoms. The molecule has 1 atom stereocenters. The van der Waals surface area contributed by atoms with Crippen LogP contribution in [0.4, 0.5) is 0 Å². The summed E-state index contributed by atoms with van der Waals surface area (Å²) in [6.45, 7) is -0.0133. The van der Waals surface area contributed by atoms with Gasteiger partial charge in [-0.15, -0.1) is 0 Å². The quantitative estimate of drug-likeness (QED) is 0.784. The van der Waals surface area contributed by atoms with Crippen LogP contribution in [0.5, 0.6) is 0 Å². The van der Waals surface area contributed by atoms with Gasteiger partial charge in [0, 0.05) is 13.5 Å². The van der Waals surface area contributed by atoms with Crippen LogP contribution in [0.1, 0.15) is 18.4 Å². The van der Waals surface area contributed by atoms with Crippen molar-refractivity contribution >= 4 is 22.6 Å². The number of aryl methyl sites for hydroxylation is 1. The number of carboxylic acids is 1. The Balaban J connectivity index is 1.77. The van der Waals surface area contributed by atoms with Crippen molar-refractivity contribution in [1.29, 1.82) is 0 Å². The zero-order chi connectivity index (χ0) is 16.7. The van der Waals surface area contributed by atoms with Gasteiger partial charge in [-0.1, -0.05) is 42.5 Å². The van der Waals surface area contributed by atoms with Gasteiger partial charge in [-0.3, -0.25) is 4.79 Å². The number of ether oxygens (including phenoxy) is 1. The smallest absolute Gasteiger partial charge is 0.334 e. The van der Waals surface area contributed by atoms with E-state index in [0.717, 1.165) is 12.8 Å². The number of aliphatic carboxylic acids is 1. The van der Waals surface area contributed by atoms with E-state index in [4.69, 9.17) is 9.84 Å². The summed E-state index contributed by atoms with van der Waals surface area (Å²) in [5.74, 6) is -1.24. The van der Waals surface area contributed by atoms with Gasteiger partial charge in [0.25, 0.3) is 0 Å². The number of methoxy groups -OCH3 is 1. The number of carboxylic acid groups (broad SMARTS) is 1. The maximum Gasteiger partial charge on any atom is 0.334 e. The number of carbonyl (C=O) groups is 2. The molecule has 0 radical (unpaired) electrons. The topological polar surface area (TPSA) is 75.6 Å². The van der Waals surface area contributed by atoms with Crippen LogP contribution >= 0.6 is 0 Å². The molecule has 0 bridgehead atoms. The number of nitrogens with one attached hydrogen (secondary N) is 1. The molecule has 0 aliphatic rings. The van der Waals surface area contributed by atoms with Crippen molar-refractivity contribution in [3.63, 3.8) is 0 Å². The summed E-state index contributed by atoms with van der Waals surface area (Å²) in [5, 5.41) is 13.8. The van der Waals surface area contributed by atoms with Gasteiger partial charge in [-0.25, -0.2) is 4.79 Å². The Hall–Kier alpha value is -2.40. The fraction of sp³-hybridized carbons (Fsp3) is 0.333. The Bertz CT molecular complexity index is 684. The van der Waals surface area contributed by atoms with Crippen LogP contribution in [0.2, 0.25) is 0 Å². The first-order valence-electron chi connectivity index (χ1n) is 7.60. The Morgan fingerprint density at radius 3 is 2.61 bits per heavy atom. The number of hydrogen-bond acceptors (Lipinski definition) is 3. The SMILES string of the molecule is COC(CNC(=O)CCCc1ccc2ccccc2c1)C(=O)O. The zero-order valence-corrected chi connectivity index (χ0v) is 13.1. The van der Waals surface area contributed by atoms with Gasteiger partial charge in [0.1, 0.15) is 0 Å². The van der Waals surface area contributed by atoms with E-state index >= 15 is 0 Å². The largest absolute Gasteiger partial charge is 0.479 e. The summed E-state index contributed by atoms with van der Waals surface area (Å²) >= 11 is 0. The predicted molar refractivity (Wildman–Crippen MR) is 88.3 cm³/mol. The Morgan fingerprint density at radius 1 is 1.17 bits per heavy atom. The summed E-state index contributed by atoms with van der Waals surface area (Å²) in [4.78, 5) is 22.5. The lowest BCUT2D eigenvalue weighted by Gasteiger charge is -2.11. The van der Waals surface area contributed by atoms with E-state index in [1.54, 1.807) is 0 Å². The average Bonchev–Trinajstić information content (AvgIpc) is 2.55. The minimum absolute atomic E-state index is 0.0133. The molecule has 1 amide bonds. The molecule has 2 aromatic rings. The third-order valence-corrected chi connectivity index (χ3v) is 3.73. The fourth-order valence-electron chi connectivity index (χ4n) is 2.41. The van der Waals surface area contributed by atoms with Gasteiger partial charge in [-0.2, -0.15) is 0 Å². The van der Waals surface area contributed by atoms with Crippen LogP contribution in [0, 0.1) is 0 Å². The minimum Gasteiger partial charge on any atom is -0.479 e. The highest BCUT2D eigenvalue weighted by molar-refractivity contribution is 5.83. The first-order chi connectivity index (χ1) is 11.1. The van der Waals surface area contributed by atoms with Gasteiger partial charge in [0.05, 0.1) is 6.54 Å². The third-order valence-electron chi connectivity index (χ3n) is 3.73. The van der Waals surface area contributed by atoms with Crippen LogP contribution in [-0.4, -0.2) is 36.7 Å². The van der Waals surface area contributed by atoms with Crippen LogP contribution < -0.4 is 5.32 Å². The average molecular weight is 315 g/mol. The van der Waals surface area contributed by atoms with Crippen molar-refractivity contribution in [2.24, 2.45) is 0 Å². The number of amides is 1. The number of fused-ring (bicyclic) bond motifs is 1. The number of benzene rings is 2. The van der Waals surface area contributed by atoms with Crippen LogP contribution in [0.15, 0.2) is 42.5 Å². The molecule has 2 aromatic carbocycles. The highest BCUT2D eigenvalue weighted by atomic mass is 16.5. The lowest BCUT2D eigenvalue weighted by Crippen LogP contribution is -2.37. The van der Waals surface area contributed by atoms with Crippen LogP contribution in [0.25, 0.3) is 10.8 Å². The van der Waals surface area contributed by atoms with Crippen LogP contribution in [-0.2, 0) is 20.7 Å². The molecule has 0 aromatic heterocycles. The van der Waals surface area contributed by atoms with Gasteiger partial charge >= 0.3 is 5.97 Å². The highest BCUT2D eigenvalue weighted by Gasteiger charge is 2.16. The second-order valence-corrected chi connectivity index (χ2v) is 5.40. The maximum absolute atomic E-state index is 11.7. The molecule has 0 aliphatic heterocycles. The molecule has 0 saturated heterocycles. The maximum atomic E-state index is 11.7. The van der Waals surface area contributed by atoms with Crippen molar-refractivity contribution < 1.29 is 19.4 Å². The van der Waals surface area contributed by atoms with E-state index in [9.17, 15) is 9.59 Å². The molecule has 122 valence electrons. The monoisotopic (exact) mass is 315 g/mol. The van der Waals surface area contributed by atoms with E-state index < -0.39 is 12.1 Å². The van der Waals surface area contributed by atoms with E-state index in [0.29, 0.717) is 6.42 Å². The normalized spacial score (nSPS) is 12.0. The summed E-state index contributed by atoms with van der Waals surface area (Å²) in [6.07, 6.45) is 0.891. The third kappa shape index (κ3) is 5.07. The van der Waals surface area contributed by atoms with E-state index in [1.807, 2.05) is 12.1 Å². The summed E-state index contributed by atoms with van der Waals surface area (Å²) in [6, 6.07) is 14.5. The van der Waals surface area contributed by atoms with E-state index in [2.05, 4.69) is 35.6 Å². The Kier molecular flexibility index (Phi) is 6.11. The van der Waals surface area contributed by atoms with Crippen molar-refractivity contribution in [2.45, 2.75) is 25.4 Å². The molecule has 0 heterocycles. The van der Waals surface area contributed by atoms with Crippen molar-refractivity contribution in [1.82, 2.24) is 5.32 Å². The molecule has 2 rings (SSSR count). The van der Waals surface area contributed by atoms with E-state index in [-0.39, 0.29) is 12.5 Å². The van der Waals surface area contributed by atoms with Crippen molar-refractivity contribution in [3.05, 3.63) is 48.0 Å². The lowest BCUT2D eigenvalue weighted by atomic mass is 10.0. The van der Waals surface area contributed by atoms with Gasteiger partial charge in [0.15, 0.2) is 6.10 Å². The second kappa shape index (κ2) is 8.29. The number of rotatable bonds is 8. The molecule has 2 N–H and O–H groups in total. The minimum atomic E-state index is -1.08. The van der Waals surface area contributed by atoms with Gasteiger partial charge in [-0.05, 0) is 29.2 Å². The molecular weight excluding hydrogens is 294 g/mol. The summed E-state index contributed by atoms with van der Waals surface area (Å²) < 4.78 is 4.76. The van der Waals surface area contributed by atoms with Crippen LogP contribution in [0.3, 0.4) is 0 Å². The first kappa shape index (κ1) is 17.0. The fourth-order valence-corrected chi connectivity index (χ4v) is 2.41. The van der Waals surface area contributed by atoms with Gasteiger partial charge < -0.3 is 15.2 Å². The molecule has 5 heteroatoms. The number of carbonyl (C=O) groups excluding carboxylic acids is 1. The van der Waals surface area contributed by atoms with E-state index in [1.165, 1.54) is 23.4 Å². The molecule has 23 heavy (non-hydrogen) atoms. The molecular formula is C18H21NO4. The Labute approximate surface area is 135 Å². The molecule has 1 unspecified atom stereocenters.